The maximum Gasteiger partial charge on any atom is 0.320 e. The van der Waals surface area contributed by atoms with E-state index >= 15 is 0 Å². The van der Waals surface area contributed by atoms with Crippen LogP contribution in [0.1, 0.15) is 26.7 Å². The number of hydrogen-bond donors (Lipinski definition) is 0. The third kappa shape index (κ3) is 4.04. The molecule has 16 heavy (non-hydrogen) atoms. The van der Waals surface area contributed by atoms with Crippen LogP contribution in [0.15, 0.2) is 12.2 Å². The summed E-state index contributed by atoms with van der Waals surface area (Å²) in [7, 11) is 2.54. The Kier molecular flexibility index (Phi) is 7.25. The maximum absolute atomic E-state index is 11.5. The number of esters is 2. The fraction of sp³-hybridized carbons (Fsp3) is 0.667. The van der Waals surface area contributed by atoms with Crippen molar-refractivity contribution in [1.82, 2.24) is 0 Å². The van der Waals surface area contributed by atoms with Crippen LogP contribution in [0.4, 0.5) is 0 Å². The molecule has 0 bridgehead atoms. The first-order chi connectivity index (χ1) is 7.62. The van der Waals surface area contributed by atoms with Crippen molar-refractivity contribution in [3.05, 3.63) is 12.2 Å². The molecule has 0 saturated heterocycles. The molecule has 0 radical (unpaired) electrons. The van der Waals surface area contributed by atoms with Gasteiger partial charge >= 0.3 is 11.9 Å². The van der Waals surface area contributed by atoms with Gasteiger partial charge in [-0.2, -0.15) is 0 Å². The van der Waals surface area contributed by atoms with Crippen molar-refractivity contribution in [3.8, 4) is 0 Å². The van der Waals surface area contributed by atoms with Crippen LogP contribution in [0, 0.1) is 11.8 Å². The minimum absolute atomic E-state index is 0.167. The molecule has 0 aliphatic carbocycles. The molecular weight excluding hydrogens is 208 g/mol. The van der Waals surface area contributed by atoms with Crippen LogP contribution >= 0.6 is 0 Å². The minimum atomic E-state index is -0.859. The molecule has 0 saturated carbocycles. The number of ether oxygens (including phenoxy) is 2. The Morgan fingerprint density at radius 2 is 1.62 bits per heavy atom. The summed E-state index contributed by atoms with van der Waals surface area (Å²) in [5.41, 5.74) is 0. The number of allylic oxidation sites excluding steroid dienone is 2. The van der Waals surface area contributed by atoms with Gasteiger partial charge in [0.25, 0.3) is 0 Å². The fourth-order valence-electron chi connectivity index (χ4n) is 1.49. The molecule has 4 nitrogen and oxygen atoms in total. The molecule has 92 valence electrons. The second kappa shape index (κ2) is 7.91. The van der Waals surface area contributed by atoms with Crippen LogP contribution in [0.2, 0.25) is 0 Å². The van der Waals surface area contributed by atoms with Gasteiger partial charge in [-0.1, -0.05) is 26.0 Å². The monoisotopic (exact) mass is 228 g/mol. The Hall–Kier alpha value is -1.32. The average Bonchev–Trinajstić information content (AvgIpc) is 2.32. The van der Waals surface area contributed by atoms with Crippen LogP contribution in [0.25, 0.3) is 0 Å². The molecule has 0 aliphatic rings. The smallest absolute Gasteiger partial charge is 0.320 e. The lowest BCUT2D eigenvalue weighted by Crippen LogP contribution is -2.32. The van der Waals surface area contributed by atoms with Crippen molar-refractivity contribution in [1.29, 1.82) is 0 Å². The van der Waals surface area contributed by atoms with Crippen LogP contribution in [0.5, 0.6) is 0 Å². The van der Waals surface area contributed by atoms with E-state index in [0.717, 1.165) is 6.42 Å². The first-order valence-corrected chi connectivity index (χ1v) is 5.44. The van der Waals surface area contributed by atoms with Gasteiger partial charge in [0, 0.05) is 5.92 Å². The highest BCUT2D eigenvalue weighted by Gasteiger charge is 2.34. The van der Waals surface area contributed by atoms with Gasteiger partial charge in [-0.25, -0.2) is 0 Å². The van der Waals surface area contributed by atoms with Crippen molar-refractivity contribution >= 4 is 11.9 Å². The summed E-state index contributed by atoms with van der Waals surface area (Å²) in [4.78, 5) is 23.0. The Morgan fingerprint density at radius 3 is 1.94 bits per heavy atom. The number of rotatable bonds is 6. The second-order valence-corrected chi connectivity index (χ2v) is 3.43. The third-order valence-corrected chi connectivity index (χ3v) is 2.43. The molecule has 0 aromatic rings. The van der Waals surface area contributed by atoms with Crippen molar-refractivity contribution < 1.29 is 19.1 Å². The van der Waals surface area contributed by atoms with E-state index in [1.807, 2.05) is 26.0 Å². The van der Waals surface area contributed by atoms with Crippen LogP contribution < -0.4 is 0 Å². The predicted octanol–water partition coefficient (Wildman–Crippen LogP) is 1.94. The second-order valence-electron chi connectivity index (χ2n) is 3.43. The van der Waals surface area contributed by atoms with E-state index in [4.69, 9.17) is 0 Å². The molecule has 0 heterocycles. The number of carbonyl (C=O) groups is 2. The van der Waals surface area contributed by atoms with Gasteiger partial charge in [-0.15, -0.1) is 0 Å². The summed E-state index contributed by atoms with van der Waals surface area (Å²) in [5.74, 6) is -2.11. The van der Waals surface area contributed by atoms with E-state index in [9.17, 15) is 9.59 Å². The highest BCUT2D eigenvalue weighted by atomic mass is 16.5. The number of carbonyl (C=O) groups excluding carboxylic acids is 2. The van der Waals surface area contributed by atoms with E-state index in [1.165, 1.54) is 14.2 Å². The quantitative estimate of drug-likeness (QED) is 0.396. The first-order valence-electron chi connectivity index (χ1n) is 5.44. The molecule has 4 heteroatoms. The third-order valence-electron chi connectivity index (χ3n) is 2.43. The maximum atomic E-state index is 11.5. The molecule has 0 amide bonds. The van der Waals surface area contributed by atoms with Crippen molar-refractivity contribution in [3.63, 3.8) is 0 Å². The van der Waals surface area contributed by atoms with E-state index < -0.39 is 17.9 Å². The van der Waals surface area contributed by atoms with Gasteiger partial charge in [0.15, 0.2) is 5.92 Å². The SMILES string of the molecule is CCC=C[C@H](CC)C(C(=O)OC)C(=O)OC. The zero-order chi connectivity index (χ0) is 12.6. The van der Waals surface area contributed by atoms with Gasteiger partial charge in [0.2, 0.25) is 0 Å². The van der Waals surface area contributed by atoms with Crippen LogP contribution in [0.3, 0.4) is 0 Å². The van der Waals surface area contributed by atoms with E-state index in [0.29, 0.717) is 6.42 Å². The highest BCUT2D eigenvalue weighted by Crippen LogP contribution is 2.20. The van der Waals surface area contributed by atoms with E-state index in [2.05, 4.69) is 9.47 Å². The molecular formula is C12H20O4. The molecule has 0 N–H and O–H groups in total. The summed E-state index contributed by atoms with van der Waals surface area (Å²) in [6, 6.07) is 0. The molecule has 0 rings (SSSR count). The zero-order valence-electron chi connectivity index (χ0n) is 10.4. The lowest BCUT2D eigenvalue weighted by Gasteiger charge is -2.18. The Labute approximate surface area is 96.6 Å². The van der Waals surface area contributed by atoms with Gasteiger partial charge in [-0.3, -0.25) is 9.59 Å². The highest BCUT2D eigenvalue weighted by molar-refractivity contribution is 5.95. The standard InChI is InChI=1S/C12H20O4/c1-5-7-8-9(6-2)10(11(13)15-3)12(14)16-4/h7-10H,5-6H2,1-4H3/t9-/m0/s1. The molecule has 1 atom stereocenters. The summed E-state index contributed by atoms with van der Waals surface area (Å²) < 4.78 is 9.25. The van der Waals surface area contributed by atoms with Gasteiger partial charge < -0.3 is 9.47 Å². The fourth-order valence-corrected chi connectivity index (χ4v) is 1.49. The van der Waals surface area contributed by atoms with Crippen molar-refractivity contribution in [2.45, 2.75) is 26.7 Å². The average molecular weight is 228 g/mol. The normalized spacial score (nSPS) is 12.8. The van der Waals surface area contributed by atoms with Crippen molar-refractivity contribution in [2.75, 3.05) is 14.2 Å². The molecule has 0 aromatic carbocycles. The van der Waals surface area contributed by atoms with Gasteiger partial charge in [-0.05, 0) is 12.8 Å². The summed E-state index contributed by atoms with van der Waals surface area (Å²) in [6.45, 7) is 3.91. The summed E-state index contributed by atoms with van der Waals surface area (Å²) in [5, 5.41) is 0. The Balaban J connectivity index is 4.90. The predicted molar refractivity (Wildman–Crippen MR) is 60.7 cm³/mol. The molecule has 0 spiro atoms. The van der Waals surface area contributed by atoms with Crippen LogP contribution in [-0.2, 0) is 19.1 Å². The van der Waals surface area contributed by atoms with Gasteiger partial charge in [0.1, 0.15) is 0 Å². The largest absolute Gasteiger partial charge is 0.468 e. The van der Waals surface area contributed by atoms with Crippen LogP contribution in [-0.4, -0.2) is 26.2 Å². The topological polar surface area (TPSA) is 52.6 Å². The number of hydrogen-bond acceptors (Lipinski definition) is 4. The van der Waals surface area contributed by atoms with Gasteiger partial charge in [0.05, 0.1) is 14.2 Å². The summed E-state index contributed by atoms with van der Waals surface area (Å²) >= 11 is 0. The number of methoxy groups -OCH3 is 2. The molecule has 0 fully saturated rings. The zero-order valence-corrected chi connectivity index (χ0v) is 10.4. The molecule has 0 aliphatic heterocycles. The van der Waals surface area contributed by atoms with E-state index in [1.54, 1.807) is 0 Å². The summed E-state index contributed by atoms with van der Waals surface area (Å²) in [6.07, 6.45) is 5.36. The van der Waals surface area contributed by atoms with E-state index in [-0.39, 0.29) is 5.92 Å². The molecule has 0 unspecified atom stereocenters. The molecule has 0 aromatic heterocycles. The minimum Gasteiger partial charge on any atom is -0.468 e. The Bertz CT molecular complexity index is 242. The Morgan fingerprint density at radius 1 is 1.12 bits per heavy atom. The lowest BCUT2D eigenvalue weighted by molar-refractivity contribution is -0.160. The first kappa shape index (κ1) is 14.7. The lowest BCUT2D eigenvalue weighted by atomic mass is 9.89. The van der Waals surface area contributed by atoms with Crippen molar-refractivity contribution in [2.24, 2.45) is 11.8 Å².